The summed E-state index contributed by atoms with van der Waals surface area (Å²) in [7, 11) is 1.26. The van der Waals surface area contributed by atoms with Crippen LogP contribution in [0.1, 0.15) is 11.1 Å². The van der Waals surface area contributed by atoms with Gasteiger partial charge in [0.1, 0.15) is 0 Å². The van der Waals surface area contributed by atoms with E-state index in [2.05, 4.69) is 15.3 Å². The van der Waals surface area contributed by atoms with Gasteiger partial charge in [-0.1, -0.05) is 30.3 Å². The Labute approximate surface area is 148 Å². The van der Waals surface area contributed by atoms with Gasteiger partial charge in [-0.05, 0) is 11.6 Å². The van der Waals surface area contributed by atoms with Gasteiger partial charge in [-0.2, -0.15) is 5.10 Å². The summed E-state index contributed by atoms with van der Waals surface area (Å²) in [6.07, 6.45) is 2.82. The number of amides is 1. The first-order valence-electron chi connectivity index (χ1n) is 7.76. The quantitative estimate of drug-likeness (QED) is 0.433. The van der Waals surface area contributed by atoms with Crippen LogP contribution in [-0.2, 0) is 11.3 Å². The number of hydrogen-bond donors (Lipinski definition) is 1. The van der Waals surface area contributed by atoms with Gasteiger partial charge in [0.05, 0.1) is 18.2 Å². The van der Waals surface area contributed by atoms with Crippen molar-refractivity contribution in [3.63, 3.8) is 0 Å². The maximum absolute atomic E-state index is 11.1. The summed E-state index contributed by atoms with van der Waals surface area (Å²) in [5.74, 6) is 0. The normalized spacial score (nSPS) is 11.0. The van der Waals surface area contributed by atoms with Crippen molar-refractivity contribution in [3.05, 3.63) is 76.0 Å². The fourth-order valence-corrected chi connectivity index (χ4v) is 2.63. The molecule has 0 atom stereocenters. The Morgan fingerprint density at radius 2 is 2.00 bits per heavy atom. The summed E-state index contributed by atoms with van der Waals surface area (Å²) in [6.45, 7) is 0.552. The molecular weight excluding hydrogens is 336 g/mol. The van der Waals surface area contributed by atoms with E-state index in [0.29, 0.717) is 6.54 Å². The Morgan fingerprint density at radius 1 is 1.27 bits per heavy atom. The van der Waals surface area contributed by atoms with Gasteiger partial charge in [0, 0.05) is 41.3 Å². The van der Waals surface area contributed by atoms with Crippen molar-refractivity contribution in [1.29, 1.82) is 0 Å². The zero-order valence-corrected chi connectivity index (χ0v) is 14.0. The number of ether oxygens (including phenoxy) is 1. The number of aromatic nitrogens is 1. The maximum Gasteiger partial charge on any atom is 0.427 e. The lowest BCUT2D eigenvalue weighted by Gasteiger charge is -2.05. The van der Waals surface area contributed by atoms with E-state index in [4.69, 9.17) is 0 Å². The molecule has 132 valence electrons. The minimum absolute atomic E-state index is 0.0628. The lowest BCUT2D eigenvalue weighted by molar-refractivity contribution is -0.384. The smallest absolute Gasteiger partial charge is 0.427 e. The lowest BCUT2D eigenvalue weighted by atomic mass is 10.2. The first-order chi connectivity index (χ1) is 12.6. The SMILES string of the molecule is COC(=O)NN=Cc1cn(Cc2ccc([N+](=O)[O-])cc2)c2ccccc12. The van der Waals surface area contributed by atoms with Gasteiger partial charge in [-0.3, -0.25) is 10.1 Å². The van der Waals surface area contributed by atoms with Crippen LogP contribution in [0.25, 0.3) is 10.9 Å². The standard InChI is InChI=1S/C18H16N4O4/c1-26-18(23)20-19-10-14-12-21(17-5-3-2-4-16(14)17)11-13-6-8-15(9-7-13)22(24)25/h2-10,12H,11H2,1H3,(H,20,23). The third kappa shape index (κ3) is 3.69. The molecule has 0 bridgehead atoms. The van der Waals surface area contributed by atoms with Gasteiger partial charge >= 0.3 is 6.09 Å². The van der Waals surface area contributed by atoms with Gasteiger partial charge < -0.3 is 9.30 Å². The third-order valence-electron chi connectivity index (χ3n) is 3.86. The second-order valence-electron chi connectivity index (χ2n) is 5.51. The van der Waals surface area contributed by atoms with Gasteiger partial charge in [0.25, 0.3) is 5.69 Å². The van der Waals surface area contributed by atoms with E-state index in [1.807, 2.05) is 35.0 Å². The Hall–Kier alpha value is -3.68. The van der Waals surface area contributed by atoms with Crippen molar-refractivity contribution in [2.24, 2.45) is 5.10 Å². The topological polar surface area (TPSA) is 98.8 Å². The summed E-state index contributed by atoms with van der Waals surface area (Å²) in [4.78, 5) is 21.4. The molecule has 0 radical (unpaired) electrons. The van der Waals surface area contributed by atoms with Crippen LogP contribution < -0.4 is 5.43 Å². The molecule has 3 rings (SSSR count). The molecule has 0 aliphatic carbocycles. The Bertz CT molecular complexity index is 977. The molecule has 1 amide bonds. The summed E-state index contributed by atoms with van der Waals surface area (Å²) in [5, 5.41) is 15.6. The van der Waals surface area contributed by atoms with Gasteiger partial charge in [0.2, 0.25) is 0 Å². The van der Waals surface area contributed by atoms with Crippen molar-refractivity contribution < 1.29 is 14.5 Å². The molecule has 1 heterocycles. The van der Waals surface area contributed by atoms with Crippen LogP contribution in [0.5, 0.6) is 0 Å². The fraction of sp³-hybridized carbons (Fsp3) is 0.111. The zero-order chi connectivity index (χ0) is 18.5. The number of nitro benzene ring substituents is 1. The first kappa shape index (κ1) is 17.2. The second kappa shape index (κ2) is 7.47. The average Bonchev–Trinajstić information content (AvgIpc) is 3.00. The highest BCUT2D eigenvalue weighted by Gasteiger charge is 2.09. The predicted octanol–water partition coefficient (Wildman–Crippen LogP) is 3.29. The van der Waals surface area contributed by atoms with Crippen LogP contribution in [-0.4, -0.2) is 28.9 Å². The number of non-ortho nitro benzene ring substituents is 1. The summed E-state index contributed by atoms with van der Waals surface area (Å²) in [6, 6.07) is 14.2. The van der Waals surface area contributed by atoms with Crippen LogP contribution in [0, 0.1) is 10.1 Å². The number of nitrogens with zero attached hydrogens (tertiary/aromatic N) is 3. The number of carbonyl (C=O) groups excluding carboxylic acids is 1. The van der Waals surface area contributed by atoms with Crippen LogP contribution in [0.2, 0.25) is 0 Å². The fourth-order valence-electron chi connectivity index (χ4n) is 2.63. The van der Waals surface area contributed by atoms with Crippen LogP contribution in [0.4, 0.5) is 10.5 Å². The highest BCUT2D eigenvalue weighted by Crippen LogP contribution is 2.22. The van der Waals surface area contributed by atoms with E-state index in [9.17, 15) is 14.9 Å². The highest BCUT2D eigenvalue weighted by molar-refractivity contribution is 5.99. The number of rotatable bonds is 5. The number of methoxy groups -OCH3 is 1. The highest BCUT2D eigenvalue weighted by atomic mass is 16.6. The Morgan fingerprint density at radius 3 is 2.69 bits per heavy atom. The van der Waals surface area contributed by atoms with Gasteiger partial charge in [-0.15, -0.1) is 0 Å². The summed E-state index contributed by atoms with van der Waals surface area (Å²) < 4.78 is 6.49. The molecule has 0 saturated heterocycles. The maximum atomic E-state index is 11.1. The number of hydrazone groups is 1. The molecule has 0 unspecified atom stereocenters. The van der Waals surface area contributed by atoms with Crippen molar-refractivity contribution in [2.75, 3.05) is 7.11 Å². The largest absolute Gasteiger partial charge is 0.452 e. The predicted molar refractivity (Wildman–Crippen MR) is 97.3 cm³/mol. The van der Waals surface area contributed by atoms with Crippen molar-refractivity contribution in [3.8, 4) is 0 Å². The van der Waals surface area contributed by atoms with E-state index in [0.717, 1.165) is 22.0 Å². The average molecular weight is 352 g/mol. The Balaban J connectivity index is 1.88. The lowest BCUT2D eigenvalue weighted by Crippen LogP contribution is -2.16. The number of fused-ring (bicyclic) bond motifs is 1. The molecule has 0 fully saturated rings. The van der Waals surface area contributed by atoms with Gasteiger partial charge in [0.15, 0.2) is 0 Å². The zero-order valence-electron chi connectivity index (χ0n) is 14.0. The van der Waals surface area contributed by atoms with Crippen LogP contribution >= 0.6 is 0 Å². The molecule has 0 saturated carbocycles. The van der Waals surface area contributed by atoms with E-state index in [-0.39, 0.29) is 5.69 Å². The number of carbonyl (C=O) groups is 1. The monoisotopic (exact) mass is 352 g/mol. The van der Waals surface area contributed by atoms with Crippen molar-refractivity contribution >= 4 is 28.9 Å². The number of nitrogens with one attached hydrogen (secondary N) is 1. The minimum Gasteiger partial charge on any atom is -0.452 e. The third-order valence-corrected chi connectivity index (χ3v) is 3.86. The van der Waals surface area contributed by atoms with E-state index >= 15 is 0 Å². The molecule has 0 aliphatic heterocycles. The molecule has 26 heavy (non-hydrogen) atoms. The molecule has 1 N–H and O–H groups in total. The number of benzene rings is 2. The minimum atomic E-state index is -0.643. The van der Waals surface area contributed by atoms with Crippen molar-refractivity contribution in [1.82, 2.24) is 9.99 Å². The van der Waals surface area contributed by atoms with Crippen LogP contribution in [0.3, 0.4) is 0 Å². The molecule has 0 aliphatic rings. The molecular formula is C18H16N4O4. The number of nitro groups is 1. The van der Waals surface area contributed by atoms with E-state index in [1.54, 1.807) is 18.3 Å². The first-order valence-corrected chi connectivity index (χ1v) is 7.76. The van der Waals surface area contributed by atoms with Gasteiger partial charge in [-0.25, -0.2) is 10.2 Å². The number of para-hydroxylation sites is 1. The van der Waals surface area contributed by atoms with Crippen molar-refractivity contribution in [2.45, 2.75) is 6.54 Å². The van der Waals surface area contributed by atoms with Crippen LogP contribution in [0.15, 0.2) is 59.8 Å². The number of hydrogen-bond acceptors (Lipinski definition) is 5. The second-order valence-corrected chi connectivity index (χ2v) is 5.51. The molecule has 8 heteroatoms. The van der Waals surface area contributed by atoms with E-state index < -0.39 is 11.0 Å². The summed E-state index contributed by atoms with van der Waals surface area (Å²) >= 11 is 0. The molecule has 8 nitrogen and oxygen atoms in total. The molecule has 3 aromatic rings. The molecule has 2 aromatic carbocycles. The van der Waals surface area contributed by atoms with E-state index in [1.165, 1.54) is 19.2 Å². The summed E-state index contributed by atoms with van der Waals surface area (Å²) in [5.41, 5.74) is 5.08. The Kier molecular flexibility index (Phi) is 4.93. The molecule has 0 spiro atoms. The molecule has 1 aromatic heterocycles.